The zero-order valence-corrected chi connectivity index (χ0v) is 8.30. The molecular formula is C10H6F2N2O3. The van der Waals surface area contributed by atoms with Crippen molar-refractivity contribution < 1.29 is 23.2 Å². The van der Waals surface area contributed by atoms with Gasteiger partial charge in [0.2, 0.25) is 5.76 Å². The van der Waals surface area contributed by atoms with Crippen molar-refractivity contribution >= 4 is 5.97 Å². The van der Waals surface area contributed by atoms with E-state index in [1.165, 1.54) is 24.5 Å². The van der Waals surface area contributed by atoms with Crippen molar-refractivity contribution in [3.05, 3.63) is 35.9 Å². The number of aromatic carboxylic acids is 1. The summed E-state index contributed by atoms with van der Waals surface area (Å²) < 4.78 is 29.4. The van der Waals surface area contributed by atoms with Gasteiger partial charge in [-0.15, -0.1) is 0 Å². The molecule has 0 fully saturated rings. The molecule has 0 saturated heterocycles. The van der Waals surface area contributed by atoms with E-state index in [1.54, 1.807) is 0 Å². The Morgan fingerprint density at radius 1 is 1.35 bits per heavy atom. The highest BCUT2D eigenvalue weighted by atomic mass is 19.3. The van der Waals surface area contributed by atoms with Gasteiger partial charge in [0.05, 0.1) is 0 Å². The number of carboxylic acid groups (broad SMARTS) is 1. The molecular weight excluding hydrogens is 234 g/mol. The number of aromatic nitrogens is 2. The fraction of sp³-hybridized carbons (Fsp3) is 0.100. The van der Waals surface area contributed by atoms with Crippen LogP contribution in [0.1, 0.15) is 22.5 Å². The summed E-state index contributed by atoms with van der Waals surface area (Å²) in [4.78, 5) is 14.7. The van der Waals surface area contributed by atoms with Crippen LogP contribution in [-0.4, -0.2) is 21.2 Å². The minimum atomic E-state index is -3.02. The van der Waals surface area contributed by atoms with Crippen molar-refractivity contribution in [2.24, 2.45) is 0 Å². The number of hydrogen-bond donors (Lipinski definition) is 1. The summed E-state index contributed by atoms with van der Waals surface area (Å²) in [7, 11) is 0. The molecule has 0 aliphatic rings. The summed E-state index contributed by atoms with van der Waals surface area (Å²) in [6.45, 7) is 0. The van der Waals surface area contributed by atoms with Gasteiger partial charge in [0.1, 0.15) is 11.3 Å². The maximum Gasteiger partial charge on any atom is 0.341 e. The van der Waals surface area contributed by atoms with Crippen molar-refractivity contribution in [1.82, 2.24) is 10.1 Å². The lowest BCUT2D eigenvalue weighted by atomic mass is 10.1. The minimum Gasteiger partial charge on any atom is -0.477 e. The third-order valence-electron chi connectivity index (χ3n) is 2.08. The molecule has 2 aromatic heterocycles. The third-order valence-corrected chi connectivity index (χ3v) is 2.08. The van der Waals surface area contributed by atoms with Gasteiger partial charge in [-0.1, -0.05) is 5.16 Å². The van der Waals surface area contributed by atoms with Crippen LogP contribution in [0.3, 0.4) is 0 Å². The maximum atomic E-state index is 12.5. The number of pyridine rings is 1. The molecule has 2 rings (SSSR count). The Bertz CT molecular complexity index is 540. The number of carboxylic acids is 1. The highest BCUT2D eigenvalue weighted by molar-refractivity contribution is 5.95. The molecule has 88 valence electrons. The number of carbonyl (C=O) groups is 1. The lowest BCUT2D eigenvalue weighted by Crippen LogP contribution is -2.01. The van der Waals surface area contributed by atoms with E-state index in [-0.39, 0.29) is 5.69 Å². The molecule has 5 nitrogen and oxygen atoms in total. The molecule has 0 saturated carbocycles. The Morgan fingerprint density at radius 3 is 2.53 bits per heavy atom. The minimum absolute atomic E-state index is 0.129. The smallest absolute Gasteiger partial charge is 0.341 e. The van der Waals surface area contributed by atoms with Gasteiger partial charge >= 0.3 is 5.97 Å². The van der Waals surface area contributed by atoms with Crippen LogP contribution < -0.4 is 0 Å². The topological polar surface area (TPSA) is 76.2 Å². The molecule has 0 radical (unpaired) electrons. The first kappa shape index (κ1) is 11.2. The second-order valence-electron chi connectivity index (χ2n) is 3.11. The number of rotatable bonds is 3. The van der Waals surface area contributed by atoms with Crippen molar-refractivity contribution in [1.29, 1.82) is 0 Å². The van der Waals surface area contributed by atoms with Gasteiger partial charge in [-0.3, -0.25) is 4.98 Å². The van der Waals surface area contributed by atoms with Crippen LogP contribution in [0.25, 0.3) is 11.3 Å². The Labute approximate surface area is 93.7 Å². The zero-order valence-electron chi connectivity index (χ0n) is 8.30. The SMILES string of the molecule is O=C(O)c1c(-c2ccncc2)noc1C(F)F. The summed E-state index contributed by atoms with van der Waals surface area (Å²) in [5.74, 6) is -2.45. The van der Waals surface area contributed by atoms with Crippen LogP contribution in [0.5, 0.6) is 0 Å². The van der Waals surface area contributed by atoms with Gasteiger partial charge < -0.3 is 9.63 Å². The number of nitrogens with zero attached hydrogens (tertiary/aromatic N) is 2. The van der Waals surface area contributed by atoms with Crippen LogP contribution in [0.15, 0.2) is 29.0 Å². The van der Waals surface area contributed by atoms with Crippen molar-refractivity contribution in [3.63, 3.8) is 0 Å². The largest absolute Gasteiger partial charge is 0.477 e. The zero-order chi connectivity index (χ0) is 12.4. The lowest BCUT2D eigenvalue weighted by molar-refractivity contribution is 0.0670. The van der Waals surface area contributed by atoms with Crippen LogP contribution in [0.2, 0.25) is 0 Å². The van der Waals surface area contributed by atoms with E-state index in [9.17, 15) is 13.6 Å². The van der Waals surface area contributed by atoms with E-state index in [2.05, 4.69) is 14.7 Å². The predicted molar refractivity (Wildman–Crippen MR) is 51.7 cm³/mol. The van der Waals surface area contributed by atoms with Gasteiger partial charge in [0, 0.05) is 18.0 Å². The summed E-state index contributed by atoms with van der Waals surface area (Å²) in [5.41, 5.74) is -0.394. The second-order valence-corrected chi connectivity index (χ2v) is 3.11. The van der Waals surface area contributed by atoms with Crippen molar-refractivity contribution in [3.8, 4) is 11.3 Å². The van der Waals surface area contributed by atoms with Gasteiger partial charge in [0.15, 0.2) is 0 Å². The monoisotopic (exact) mass is 240 g/mol. The Balaban J connectivity index is 2.60. The summed E-state index contributed by atoms with van der Waals surface area (Å²) in [6, 6.07) is 2.92. The molecule has 0 atom stereocenters. The summed E-state index contributed by atoms with van der Waals surface area (Å²) in [6.07, 6.45) is -0.223. The average Bonchev–Trinajstić information content (AvgIpc) is 2.74. The molecule has 0 bridgehead atoms. The lowest BCUT2D eigenvalue weighted by Gasteiger charge is -1.98. The first-order valence-electron chi connectivity index (χ1n) is 4.52. The van der Waals surface area contributed by atoms with Crippen LogP contribution >= 0.6 is 0 Å². The molecule has 2 aromatic rings. The van der Waals surface area contributed by atoms with Crippen molar-refractivity contribution in [2.45, 2.75) is 6.43 Å². The van der Waals surface area contributed by atoms with E-state index >= 15 is 0 Å². The number of hydrogen-bond acceptors (Lipinski definition) is 4. The highest BCUT2D eigenvalue weighted by Gasteiger charge is 2.28. The normalized spacial score (nSPS) is 10.8. The maximum absolute atomic E-state index is 12.5. The van der Waals surface area contributed by atoms with E-state index < -0.39 is 23.7 Å². The van der Waals surface area contributed by atoms with Gasteiger partial charge in [-0.2, -0.15) is 0 Å². The van der Waals surface area contributed by atoms with Gasteiger partial charge in [-0.25, -0.2) is 13.6 Å². The number of halogens is 2. The van der Waals surface area contributed by atoms with E-state index in [0.29, 0.717) is 5.56 Å². The van der Waals surface area contributed by atoms with E-state index in [4.69, 9.17) is 5.11 Å². The standard InChI is InChI=1S/C10H6F2N2O3/c11-9(12)8-6(10(15)16)7(14-17-8)5-1-3-13-4-2-5/h1-4,9H,(H,15,16). The quantitative estimate of drug-likeness (QED) is 0.891. The average molecular weight is 240 g/mol. The van der Waals surface area contributed by atoms with E-state index in [1.807, 2.05) is 0 Å². The molecule has 0 aliphatic carbocycles. The molecule has 0 spiro atoms. The second kappa shape index (κ2) is 4.28. The third kappa shape index (κ3) is 1.99. The highest BCUT2D eigenvalue weighted by Crippen LogP contribution is 2.30. The van der Waals surface area contributed by atoms with Crippen LogP contribution in [-0.2, 0) is 0 Å². The van der Waals surface area contributed by atoms with E-state index in [0.717, 1.165) is 0 Å². The van der Waals surface area contributed by atoms with Gasteiger partial charge in [-0.05, 0) is 12.1 Å². The fourth-order valence-electron chi connectivity index (χ4n) is 1.37. The summed E-state index contributed by atoms with van der Waals surface area (Å²) >= 11 is 0. The predicted octanol–water partition coefficient (Wildman–Crippen LogP) is 2.37. The molecule has 17 heavy (non-hydrogen) atoms. The molecule has 0 amide bonds. The fourth-order valence-corrected chi connectivity index (χ4v) is 1.37. The molecule has 0 unspecified atom stereocenters. The Hall–Kier alpha value is -2.31. The molecule has 0 aliphatic heterocycles. The molecule has 7 heteroatoms. The van der Waals surface area contributed by atoms with Crippen molar-refractivity contribution in [2.75, 3.05) is 0 Å². The first-order valence-corrected chi connectivity index (χ1v) is 4.52. The molecule has 0 aromatic carbocycles. The Kier molecular flexibility index (Phi) is 2.82. The van der Waals surface area contributed by atoms with Crippen LogP contribution in [0.4, 0.5) is 8.78 Å². The van der Waals surface area contributed by atoms with Gasteiger partial charge in [0.25, 0.3) is 6.43 Å². The van der Waals surface area contributed by atoms with Crippen LogP contribution in [0, 0.1) is 0 Å². The summed E-state index contributed by atoms with van der Waals surface area (Å²) in [5, 5.41) is 12.3. The molecule has 1 N–H and O–H groups in total. The first-order chi connectivity index (χ1) is 8.11. The Morgan fingerprint density at radius 2 is 2.00 bits per heavy atom. The molecule has 2 heterocycles. The number of alkyl halides is 2.